The first-order chi connectivity index (χ1) is 15.9. The lowest BCUT2D eigenvalue weighted by Gasteiger charge is -2.15. The minimum atomic E-state index is -4.93. The van der Waals surface area contributed by atoms with Crippen LogP contribution in [0.1, 0.15) is 20.7 Å². The Morgan fingerprint density at radius 3 is 2.32 bits per heavy atom. The third-order valence-corrected chi connectivity index (χ3v) is 5.52. The van der Waals surface area contributed by atoms with E-state index in [1.807, 2.05) is 0 Å². The van der Waals surface area contributed by atoms with Crippen molar-refractivity contribution in [3.63, 3.8) is 0 Å². The molecule has 0 heterocycles. The summed E-state index contributed by atoms with van der Waals surface area (Å²) in [5.41, 5.74) is 0.292. The van der Waals surface area contributed by atoms with Gasteiger partial charge in [-0.25, -0.2) is 13.6 Å². The Labute approximate surface area is 192 Å². The second-order valence-electron chi connectivity index (χ2n) is 6.83. The number of hydrogen-bond donors (Lipinski definition) is 2. The number of ether oxygens (including phenoxy) is 2. The summed E-state index contributed by atoms with van der Waals surface area (Å²) in [5.74, 6) is -1.26. The summed E-state index contributed by atoms with van der Waals surface area (Å²) in [6.07, 6.45) is -4.53. The van der Waals surface area contributed by atoms with Gasteiger partial charge in [0.25, 0.3) is 5.91 Å². The molecule has 178 valence electrons. The van der Waals surface area contributed by atoms with Gasteiger partial charge in [-0.15, -0.1) is 13.2 Å². The van der Waals surface area contributed by atoms with Crippen molar-refractivity contribution in [2.75, 3.05) is 12.4 Å². The summed E-state index contributed by atoms with van der Waals surface area (Å²) >= 11 is 0. The van der Waals surface area contributed by atoms with E-state index in [1.165, 1.54) is 55.6 Å². The van der Waals surface area contributed by atoms with E-state index in [0.717, 1.165) is 12.1 Å². The van der Waals surface area contributed by atoms with Crippen LogP contribution < -0.4 is 19.9 Å². The lowest BCUT2D eigenvalue weighted by molar-refractivity contribution is -0.274. The van der Waals surface area contributed by atoms with Crippen LogP contribution in [0.4, 0.5) is 18.9 Å². The molecule has 12 heteroatoms. The van der Waals surface area contributed by atoms with Crippen molar-refractivity contribution in [2.24, 2.45) is 5.14 Å². The maximum Gasteiger partial charge on any atom is 0.573 e. The number of hydrogen-bond acceptors (Lipinski definition) is 6. The normalized spacial score (nSPS) is 11.6. The van der Waals surface area contributed by atoms with Crippen LogP contribution in [0, 0.1) is 0 Å². The Bertz CT molecular complexity index is 1360. The predicted molar refractivity (Wildman–Crippen MR) is 116 cm³/mol. The number of primary sulfonamides is 1. The average Bonchev–Trinajstić information content (AvgIpc) is 2.77. The molecule has 0 fully saturated rings. The molecule has 3 aromatic carbocycles. The number of anilines is 1. The van der Waals surface area contributed by atoms with Crippen LogP contribution in [-0.2, 0) is 10.0 Å². The van der Waals surface area contributed by atoms with E-state index < -0.39 is 28.0 Å². The fourth-order valence-corrected chi connectivity index (χ4v) is 3.81. The number of aldehydes is 1. The first kappa shape index (κ1) is 24.7. The topological polar surface area (TPSA) is 125 Å². The van der Waals surface area contributed by atoms with Gasteiger partial charge in [0, 0.05) is 28.4 Å². The van der Waals surface area contributed by atoms with Crippen LogP contribution in [-0.4, -0.2) is 34.1 Å². The van der Waals surface area contributed by atoms with Gasteiger partial charge in [-0.3, -0.25) is 9.59 Å². The number of alkyl halides is 3. The summed E-state index contributed by atoms with van der Waals surface area (Å²) in [7, 11) is -2.83. The lowest BCUT2D eigenvalue weighted by atomic mass is 9.97. The molecule has 3 rings (SSSR count). The van der Waals surface area contributed by atoms with Crippen LogP contribution in [0.3, 0.4) is 0 Å². The number of para-hydroxylation sites is 1. The van der Waals surface area contributed by atoms with Crippen molar-refractivity contribution in [2.45, 2.75) is 11.3 Å². The number of methoxy groups -OCH3 is 1. The van der Waals surface area contributed by atoms with Crippen molar-refractivity contribution < 1.29 is 40.7 Å². The van der Waals surface area contributed by atoms with Gasteiger partial charge in [-0.05, 0) is 35.9 Å². The first-order valence-electron chi connectivity index (χ1n) is 9.39. The monoisotopic (exact) mass is 494 g/mol. The van der Waals surface area contributed by atoms with E-state index in [0.29, 0.717) is 6.29 Å². The first-order valence-corrected chi connectivity index (χ1v) is 10.9. The van der Waals surface area contributed by atoms with Gasteiger partial charge in [0.05, 0.1) is 7.11 Å². The molecule has 0 atom stereocenters. The maximum absolute atomic E-state index is 12.7. The van der Waals surface area contributed by atoms with Crippen molar-refractivity contribution in [1.82, 2.24) is 0 Å². The number of rotatable bonds is 7. The molecule has 0 aliphatic carbocycles. The molecular weight excluding hydrogens is 477 g/mol. The molecule has 0 saturated carbocycles. The maximum atomic E-state index is 12.7. The van der Waals surface area contributed by atoms with Gasteiger partial charge < -0.3 is 14.8 Å². The second kappa shape index (κ2) is 9.53. The van der Waals surface area contributed by atoms with E-state index in [4.69, 9.17) is 9.88 Å². The third kappa shape index (κ3) is 5.71. The third-order valence-electron chi connectivity index (χ3n) is 4.57. The number of halogens is 3. The molecule has 1 amide bonds. The fraction of sp³-hybridized carbons (Fsp3) is 0.0909. The molecule has 0 spiro atoms. The average molecular weight is 494 g/mol. The largest absolute Gasteiger partial charge is 0.573 e. The van der Waals surface area contributed by atoms with Crippen LogP contribution in [0.5, 0.6) is 11.5 Å². The smallest absolute Gasteiger partial charge is 0.495 e. The van der Waals surface area contributed by atoms with E-state index in [1.54, 1.807) is 0 Å². The Morgan fingerprint density at radius 2 is 1.71 bits per heavy atom. The summed E-state index contributed by atoms with van der Waals surface area (Å²) in [6.45, 7) is 0. The highest BCUT2D eigenvalue weighted by Gasteiger charge is 2.32. The number of sulfonamides is 1. The molecule has 0 unspecified atom stereocenters. The van der Waals surface area contributed by atoms with Gasteiger partial charge >= 0.3 is 6.36 Å². The van der Waals surface area contributed by atoms with E-state index in [2.05, 4.69) is 10.1 Å². The minimum Gasteiger partial charge on any atom is -0.495 e. The zero-order chi connectivity index (χ0) is 25.1. The van der Waals surface area contributed by atoms with Gasteiger partial charge in [0.2, 0.25) is 10.0 Å². The highest BCUT2D eigenvalue weighted by Crippen LogP contribution is 2.35. The molecule has 0 radical (unpaired) electrons. The Balaban J connectivity index is 1.93. The quantitative estimate of drug-likeness (QED) is 0.479. The van der Waals surface area contributed by atoms with Crippen LogP contribution in [0.2, 0.25) is 0 Å². The van der Waals surface area contributed by atoms with Gasteiger partial charge in [0.1, 0.15) is 16.4 Å². The zero-order valence-electron chi connectivity index (χ0n) is 17.4. The number of benzene rings is 3. The molecule has 0 aliphatic heterocycles. The Morgan fingerprint density at radius 1 is 1.00 bits per heavy atom. The molecular formula is C22H17F3N2O6S. The second-order valence-corrected chi connectivity index (χ2v) is 8.36. The summed E-state index contributed by atoms with van der Waals surface area (Å²) in [5, 5.41) is 7.64. The number of carbonyl (C=O) groups is 2. The van der Waals surface area contributed by atoms with Crippen molar-refractivity contribution >= 4 is 27.9 Å². The fourth-order valence-electron chi connectivity index (χ4n) is 3.13. The summed E-state index contributed by atoms with van der Waals surface area (Å²) in [6, 6.07) is 12.8. The molecule has 0 aliphatic rings. The Hall–Kier alpha value is -3.90. The van der Waals surface area contributed by atoms with Gasteiger partial charge in [-0.1, -0.05) is 24.3 Å². The van der Waals surface area contributed by atoms with E-state index in [9.17, 15) is 31.2 Å². The number of amides is 1. The number of nitrogens with one attached hydrogen (secondary N) is 1. The standard InChI is InChI=1S/C22H17F3N2O6S/c1-32-19-11-15(7-9-20(19)34(26,30)31)27-21(29)13-6-8-16(14(10-13)12-28)17-4-2-3-5-18(17)33-22(23,24)25/h2-12H,1H3,(H,27,29)(H2,26,30,31). The van der Waals surface area contributed by atoms with Crippen LogP contribution >= 0.6 is 0 Å². The van der Waals surface area contributed by atoms with Crippen molar-refractivity contribution in [3.05, 3.63) is 71.8 Å². The molecule has 8 nitrogen and oxygen atoms in total. The van der Waals surface area contributed by atoms with Crippen LogP contribution in [0.25, 0.3) is 11.1 Å². The van der Waals surface area contributed by atoms with Crippen LogP contribution in [0.15, 0.2) is 65.6 Å². The van der Waals surface area contributed by atoms with E-state index in [-0.39, 0.29) is 38.6 Å². The van der Waals surface area contributed by atoms with Crippen molar-refractivity contribution in [1.29, 1.82) is 0 Å². The highest BCUT2D eigenvalue weighted by atomic mass is 32.2. The zero-order valence-corrected chi connectivity index (χ0v) is 18.2. The SMILES string of the molecule is COc1cc(NC(=O)c2ccc(-c3ccccc3OC(F)(F)F)c(C=O)c2)ccc1S(N)(=O)=O. The van der Waals surface area contributed by atoms with Gasteiger partial charge in [0.15, 0.2) is 6.29 Å². The highest BCUT2D eigenvalue weighted by molar-refractivity contribution is 7.89. The number of carbonyl (C=O) groups excluding carboxylic acids is 2. The van der Waals surface area contributed by atoms with Gasteiger partial charge in [-0.2, -0.15) is 0 Å². The molecule has 0 bridgehead atoms. The molecule has 34 heavy (non-hydrogen) atoms. The van der Waals surface area contributed by atoms with E-state index >= 15 is 0 Å². The summed E-state index contributed by atoms with van der Waals surface area (Å²) in [4.78, 5) is 24.1. The molecule has 3 aromatic rings. The van der Waals surface area contributed by atoms with Crippen molar-refractivity contribution in [3.8, 4) is 22.6 Å². The Kier molecular flexibility index (Phi) is 6.93. The lowest BCUT2D eigenvalue weighted by Crippen LogP contribution is -2.17. The molecule has 0 aromatic heterocycles. The predicted octanol–water partition coefficient (Wildman–Crippen LogP) is 3.97. The molecule has 3 N–H and O–H groups in total. The molecule has 0 saturated heterocycles. The summed E-state index contributed by atoms with van der Waals surface area (Å²) < 4.78 is 70.5. The number of nitrogens with two attached hydrogens (primary N) is 1. The minimum absolute atomic E-state index is 0.0113.